The van der Waals surface area contributed by atoms with E-state index in [1.807, 2.05) is 12.1 Å². The summed E-state index contributed by atoms with van der Waals surface area (Å²) in [5.74, 6) is 0.254. The summed E-state index contributed by atoms with van der Waals surface area (Å²) in [5, 5.41) is 0. The Morgan fingerprint density at radius 2 is 1.77 bits per heavy atom. The molecule has 0 fully saturated rings. The topological polar surface area (TPSA) is 64.3 Å². The third-order valence-corrected chi connectivity index (χ3v) is 4.32. The molecule has 1 heterocycles. The minimum atomic E-state index is -0.427. The van der Waals surface area contributed by atoms with Crippen molar-refractivity contribution in [3.63, 3.8) is 0 Å². The molecule has 1 aromatic heterocycles. The molecular formula is C20H25N3O3. The summed E-state index contributed by atoms with van der Waals surface area (Å²) in [6, 6.07) is 8.18. The van der Waals surface area contributed by atoms with Crippen molar-refractivity contribution in [1.29, 1.82) is 0 Å². The number of likely N-dealkylation sites (N-methyl/N-ethyl adjacent to an activating group) is 1. The van der Waals surface area contributed by atoms with Gasteiger partial charge in [-0.05, 0) is 23.1 Å². The van der Waals surface area contributed by atoms with E-state index in [0.717, 1.165) is 10.1 Å². The summed E-state index contributed by atoms with van der Waals surface area (Å²) in [6.07, 6.45) is 4.23. The summed E-state index contributed by atoms with van der Waals surface area (Å²) in [6.45, 7) is 4.76. The first kappa shape index (κ1) is 19.4. The molecule has 0 aliphatic rings. The summed E-state index contributed by atoms with van der Waals surface area (Å²) in [7, 11) is 4.69. The van der Waals surface area contributed by atoms with E-state index in [0.29, 0.717) is 12.5 Å². The number of benzene rings is 1. The molecule has 26 heavy (non-hydrogen) atoms. The van der Waals surface area contributed by atoms with Gasteiger partial charge in [0.15, 0.2) is 0 Å². The van der Waals surface area contributed by atoms with Crippen molar-refractivity contribution in [2.45, 2.75) is 26.3 Å². The molecule has 2 rings (SSSR count). The Bertz CT molecular complexity index is 934. The van der Waals surface area contributed by atoms with Crippen molar-refractivity contribution < 1.29 is 4.79 Å². The van der Waals surface area contributed by atoms with E-state index in [9.17, 15) is 14.4 Å². The Kier molecular flexibility index (Phi) is 5.97. The average Bonchev–Trinajstić information content (AvgIpc) is 2.61. The zero-order chi connectivity index (χ0) is 19.4. The number of amides is 1. The Hall–Kier alpha value is -2.89. The first-order valence-electron chi connectivity index (χ1n) is 8.49. The van der Waals surface area contributed by atoms with Crippen LogP contribution in [-0.4, -0.2) is 27.0 Å². The molecule has 0 aliphatic heterocycles. The molecule has 0 radical (unpaired) electrons. The zero-order valence-corrected chi connectivity index (χ0v) is 15.9. The second-order valence-electron chi connectivity index (χ2n) is 6.77. The number of carbonyl (C=O) groups excluding carboxylic acids is 1. The van der Waals surface area contributed by atoms with Crippen molar-refractivity contribution in [3.05, 3.63) is 74.1 Å². The predicted molar refractivity (Wildman–Crippen MR) is 103 cm³/mol. The van der Waals surface area contributed by atoms with Gasteiger partial charge in [-0.3, -0.25) is 14.2 Å². The van der Waals surface area contributed by atoms with Crippen LogP contribution in [0.5, 0.6) is 0 Å². The minimum Gasteiger partial charge on any atom is -0.338 e. The normalized spacial score (nSPS) is 11.3. The second-order valence-corrected chi connectivity index (χ2v) is 6.77. The molecule has 0 unspecified atom stereocenters. The molecule has 0 N–H and O–H groups in total. The summed E-state index contributed by atoms with van der Waals surface area (Å²) in [5.41, 5.74) is 1.76. The van der Waals surface area contributed by atoms with E-state index in [1.54, 1.807) is 19.0 Å². The van der Waals surface area contributed by atoms with Gasteiger partial charge in [-0.2, -0.15) is 0 Å². The SMILES string of the molecule is CC(C)c1ccc(CN(C)C(=O)/C=C/c2cn(C)c(=O)n(C)c2=O)cc1. The third-order valence-electron chi connectivity index (χ3n) is 4.32. The van der Waals surface area contributed by atoms with Crippen LogP contribution < -0.4 is 11.2 Å². The Morgan fingerprint density at radius 3 is 2.35 bits per heavy atom. The molecule has 0 aliphatic carbocycles. The fraction of sp³-hybridized carbons (Fsp3) is 0.350. The lowest BCUT2D eigenvalue weighted by atomic mass is 10.0. The number of hydrogen-bond donors (Lipinski definition) is 0. The molecule has 138 valence electrons. The van der Waals surface area contributed by atoms with Crippen LogP contribution in [0.25, 0.3) is 6.08 Å². The summed E-state index contributed by atoms with van der Waals surface area (Å²) >= 11 is 0. The number of aromatic nitrogens is 2. The molecule has 0 saturated heterocycles. The molecule has 0 saturated carbocycles. The van der Waals surface area contributed by atoms with Crippen molar-refractivity contribution in [1.82, 2.24) is 14.0 Å². The van der Waals surface area contributed by atoms with Gasteiger partial charge in [0.2, 0.25) is 5.91 Å². The maximum Gasteiger partial charge on any atom is 0.330 e. The number of carbonyl (C=O) groups is 1. The molecule has 2 aromatic rings. The van der Waals surface area contributed by atoms with Crippen LogP contribution in [0, 0.1) is 0 Å². The van der Waals surface area contributed by atoms with Crippen molar-refractivity contribution in [2.24, 2.45) is 14.1 Å². The van der Waals surface area contributed by atoms with Crippen LogP contribution in [0.2, 0.25) is 0 Å². The second kappa shape index (κ2) is 7.99. The largest absolute Gasteiger partial charge is 0.338 e. The first-order chi connectivity index (χ1) is 12.2. The fourth-order valence-electron chi connectivity index (χ4n) is 2.60. The van der Waals surface area contributed by atoms with Crippen LogP contribution in [0.1, 0.15) is 36.5 Å². The van der Waals surface area contributed by atoms with Crippen molar-refractivity contribution in [3.8, 4) is 0 Å². The van der Waals surface area contributed by atoms with Gasteiger partial charge in [-0.15, -0.1) is 0 Å². The minimum absolute atomic E-state index is 0.214. The monoisotopic (exact) mass is 355 g/mol. The van der Waals surface area contributed by atoms with Gasteiger partial charge in [0, 0.05) is 40.0 Å². The lowest BCUT2D eigenvalue weighted by Gasteiger charge is -2.16. The first-order valence-corrected chi connectivity index (χ1v) is 8.49. The Morgan fingerprint density at radius 1 is 1.15 bits per heavy atom. The quantitative estimate of drug-likeness (QED) is 0.769. The average molecular weight is 355 g/mol. The van der Waals surface area contributed by atoms with Crippen molar-refractivity contribution >= 4 is 12.0 Å². The highest BCUT2D eigenvalue weighted by Gasteiger charge is 2.08. The predicted octanol–water partition coefficient (Wildman–Crippen LogP) is 1.88. The van der Waals surface area contributed by atoms with E-state index in [2.05, 4.69) is 26.0 Å². The zero-order valence-electron chi connectivity index (χ0n) is 15.9. The summed E-state index contributed by atoms with van der Waals surface area (Å²) < 4.78 is 2.33. The van der Waals surface area contributed by atoms with Gasteiger partial charge in [-0.25, -0.2) is 4.79 Å². The van der Waals surface area contributed by atoms with E-state index >= 15 is 0 Å². The molecule has 0 spiro atoms. The number of rotatable bonds is 5. The lowest BCUT2D eigenvalue weighted by Crippen LogP contribution is -2.37. The van der Waals surface area contributed by atoms with Gasteiger partial charge in [-0.1, -0.05) is 38.1 Å². The molecular weight excluding hydrogens is 330 g/mol. The highest BCUT2D eigenvalue weighted by atomic mass is 16.2. The van der Waals surface area contributed by atoms with Crippen LogP contribution in [0.15, 0.2) is 46.1 Å². The number of nitrogens with zero attached hydrogens (tertiary/aromatic N) is 3. The van der Waals surface area contributed by atoms with E-state index in [4.69, 9.17) is 0 Å². The van der Waals surface area contributed by atoms with E-state index in [1.165, 1.54) is 35.5 Å². The molecule has 6 heteroatoms. The molecule has 0 bridgehead atoms. The van der Waals surface area contributed by atoms with Crippen molar-refractivity contribution in [2.75, 3.05) is 7.05 Å². The van der Waals surface area contributed by atoms with Gasteiger partial charge >= 0.3 is 5.69 Å². The Balaban J connectivity index is 2.11. The van der Waals surface area contributed by atoms with Crippen LogP contribution >= 0.6 is 0 Å². The Labute approximate surface area is 153 Å². The maximum absolute atomic E-state index is 12.3. The molecule has 1 aromatic carbocycles. The van der Waals surface area contributed by atoms with Gasteiger partial charge in [0.25, 0.3) is 5.56 Å². The standard InChI is InChI=1S/C20H25N3O3/c1-14(2)16-8-6-15(7-9-16)12-21(3)18(24)11-10-17-13-22(4)20(26)23(5)19(17)25/h6-11,13-14H,12H2,1-5H3/b11-10+. The molecule has 1 amide bonds. The lowest BCUT2D eigenvalue weighted by molar-refractivity contribution is -0.125. The van der Waals surface area contributed by atoms with Crippen LogP contribution in [0.4, 0.5) is 0 Å². The maximum atomic E-state index is 12.3. The van der Waals surface area contributed by atoms with E-state index in [-0.39, 0.29) is 11.5 Å². The van der Waals surface area contributed by atoms with Crippen LogP contribution in [-0.2, 0) is 25.4 Å². The van der Waals surface area contributed by atoms with Gasteiger partial charge in [0.05, 0.1) is 5.56 Å². The molecule has 6 nitrogen and oxygen atoms in total. The summed E-state index contributed by atoms with van der Waals surface area (Å²) in [4.78, 5) is 37.6. The smallest absolute Gasteiger partial charge is 0.330 e. The highest BCUT2D eigenvalue weighted by Crippen LogP contribution is 2.15. The fourth-order valence-corrected chi connectivity index (χ4v) is 2.60. The van der Waals surface area contributed by atoms with Crippen LogP contribution in [0.3, 0.4) is 0 Å². The van der Waals surface area contributed by atoms with Gasteiger partial charge < -0.3 is 9.47 Å². The number of hydrogen-bond acceptors (Lipinski definition) is 3. The third kappa shape index (κ3) is 4.39. The highest BCUT2D eigenvalue weighted by molar-refractivity contribution is 5.91. The van der Waals surface area contributed by atoms with E-state index < -0.39 is 11.2 Å². The number of aryl methyl sites for hydroxylation is 1. The van der Waals surface area contributed by atoms with Gasteiger partial charge in [0.1, 0.15) is 0 Å². The molecule has 0 atom stereocenters.